The predicted octanol–water partition coefficient (Wildman–Crippen LogP) is 1.48. The molecule has 1 heterocycles. The van der Waals surface area contributed by atoms with Crippen LogP contribution in [0.3, 0.4) is 0 Å². The molecule has 0 bridgehead atoms. The second kappa shape index (κ2) is 6.81. The Morgan fingerprint density at radius 2 is 2.40 bits per heavy atom. The molecule has 0 saturated carbocycles. The van der Waals surface area contributed by atoms with Crippen LogP contribution < -0.4 is 10.6 Å². The van der Waals surface area contributed by atoms with Gasteiger partial charge in [0.15, 0.2) is 0 Å². The average molecular weight is 275 g/mol. The molecule has 1 aliphatic rings. The zero-order valence-corrected chi connectivity index (χ0v) is 11.0. The second-order valence-electron chi connectivity index (χ2n) is 4.72. The van der Waals surface area contributed by atoms with Crippen LogP contribution in [0, 0.1) is 10.1 Å². The van der Waals surface area contributed by atoms with E-state index in [-0.39, 0.29) is 11.6 Å². The lowest BCUT2D eigenvalue weighted by molar-refractivity contribution is -0.384. The number of carbonyl (C=O) groups excluding carboxylic acids is 1. The summed E-state index contributed by atoms with van der Waals surface area (Å²) >= 11 is 0. The summed E-state index contributed by atoms with van der Waals surface area (Å²) < 4.78 is 0. The van der Waals surface area contributed by atoms with Crippen LogP contribution in [0.4, 0.5) is 5.69 Å². The van der Waals surface area contributed by atoms with Crippen molar-refractivity contribution in [2.75, 3.05) is 13.1 Å². The molecule has 2 N–H and O–H groups in total. The van der Waals surface area contributed by atoms with Gasteiger partial charge in [0, 0.05) is 30.8 Å². The Morgan fingerprint density at radius 1 is 1.55 bits per heavy atom. The number of hydrogen-bond donors (Lipinski definition) is 2. The van der Waals surface area contributed by atoms with Crippen molar-refractivity contribution in [2.45, 2.75) is 18.9 Å². The normalized spacial score (nSPS) is 18.3. The highest BCUT2D eigenvalue weighted by Gasteiger charge is 2.13. The Bertz CT molecular complexity index is 522. The van der Waals surface area contributed by atoms with Crippen LogP contribution in [0.1, 0.15) is 18.4 Å². The van der Waals surface area contributed by atoms with Gasteiger partial charge in [0.25, 0.3) is 5.69 Å². The summed E-state index contributed by atoms with van der Waals surface area (Å²) in [7, 11) is 0. The zero-order valence-electron chi connectivity index (χ0n) is 11.0. The molecule has 0 spiro atoms. The highest BCUT2D eigenvalue weighted by atomic mass is 16.6. The molecule has 6 heteroatoms. The van der Waals surface area contributed by atoms with Gasteiger partial charge in [-0.1, -0.05) is 12.1 Å². The third kappa shape index (κ3) is 4.17. The number of hydrogen-bond acceptors (Lipinski definition) is 4. The Kier molecular flexibility index (Phi) is 4.84. The summed E-state index contributed by atoms with van der Waals surface area (Å²) in [5, 5.41) is 16.7. The first-order valence-electron chi connectivity index (χ1n) is 6.59. The van der Waals surface area contributed by atoms with E-state index in [4.69, 9.17) is 0 Å². The van der Waals surface area contributed by atoms with E-state index in [0.29, 0.717) is 18.2 Å². The van der Waals surface area contributed by atoms with Crippen molar-refractivity contribution in [3.63, 3.8) is 0 Å². The van der Waals surface area contributed by atoms with E-state index in [1.807, 2.05) is 0 Å². The average Bonchev–Trinajstić information content (AvgIpc) is 2.96. The standard InChI is InChI=1S/C14H17N3O3/c18-14(16-10-12-4-2-8-15-12)7-6-11-3-1-5-13(9-11)17(19)20/h1,3,5-7,9,12,15H,2,4,8,10H2,(H,16,18). The van der Waals surface area contributed by atoms with Crippen LogP contribution in [0.25, 0.3) is 6.08 Å². The van der Waals surface area contributed by atoms with Crippen LogP contribution in [0.5, 0.6) is 0 Å². The molecule has 6 nitrogen and oxygen atoms in total. The van der Waals surface area contributed by atoms with E-state index in [0.717, 1.165) is 19.4 Å². The van der Waals surface area contributed by atoms with Gasteiger partial charge in [-0.3, -0.25) is 14.9 Å². The van der Waals surface area contributed by atoms with Gasteiger partial charge >= 0.3 is 0 Å². The smallest absolute Gasteiger partial charge is 0.270 e. The second-order valence-corrected chi connectivity index (χ2v) is 4.72. The molecule has 0 radical (unpaired) electrons. The Labute approximate surface area is 117 Å². The van der Waals surface area contributed by atoms with E-state index in [2.05, 4.69) is 10.6 Å². The first-order valence-corrected chi connectivity index (χ1v) is 6.59. The molecule has 1 aromatic rings. The van der Waals surface area contributed by atoms with E-state index >= 15 is 0 Å². The minimum Gasteiger partial charge on any atom is -0.351 e. The van der Waals surface area contributed by atoms with Gasteiger partial charge in [-0.15, -0.1) is 0 Å². The lowest BCUT2D eigenvalue weighted by Gasteiger charge is -2.09. The predicted molar refractivity (Wildman–Crippen MR) is 76.2 cm³/mol. The van der Waals surface area contributed by atoms with Gasteiger partial charge in [0.05, 0.1) is 4.92 Å². The fourth-order valence-electron chi connectivity index (χ4n) is 2.13. The van der Waals surface area contributed by atoms with Gasteiger partial charge < -0.3 is 10.6 Å². The third-order valence-electron chi connectivity index (χ3n) is 3.19. The Hall–Kier alpha value is -2.21. The van der Waals surface area contributed by atoms with E-state index in [9.17, 15) is 14.9 Å². The molecule has 1 atom stereocenters. The number of nitrogens with zero attached hydrogens (tertiary/aromatic N) is 1. The molecule has 0 aliphatic carbocycles. The summed E-state index contributed by atoms with van der Waals surface area (Å²) in [6.07, 6.45) is 5.19. The number of nitro groups is 1. The first-order chi connectivity index (χ1) is 9.65. The molecule has 1 unspecified atom stereocenters. The van der Waals surface area contributed by atoms with Crippen LogP contribution in [0.15, 0.2) is 30.3 Å². The molecule has 20 heavy (non-hydrogen) atoms. The molecular weight excluding hydrogens is 258 g/mol. The highest BCUT2D eigenvalue weighted by molar-refractivity contribution is 5.91. The van der Waals surface area contributed by atoms with Crippen LogP contribution in [0.2, 0.25) is 0 Å². The number of nitrogens with one attached hydrogen (secondary N) is 2. The van der Waals surface area contributed by atoms with Crippen molar-refractivity contribution in [3.8, 4) is 0 Å². The van der Waals surface area contributed by atoms with Crippen LogP contribution >= 0.6 is 0 Å². The van der Waals surface area contributed by atoms with Crippen molar-refractivity contribution >= 4 is 17.7 Å². The molecule has 1 aromatic carbocycles. The summed E-state index contributed by atoms with van der Waals surface area (Å²) in [6.45, 7) is 1.61. The molecule has 1 saturated heterocycles. The largest absolute Gasteiger partial charge is 0.351 e. The van der Waals surface area contributed by atoms with Crippen LogP contribution in [-0.4, -0.2) is 30.0 Å². The number of amides is 1. The quantitative estimate of drug-likeness (QED) is 0.484. The Morgan fingerprint density at radius 3 is 3.10 bits per heavy atom. The number of rotatable bonds is 5. The SMILES string of the molecule is O=C(C=Cc1cccc([N+](=O)[O-])c1)NCC1CCCN1. The fraction of sp³-hybridized carbons (Fsp3) is 0.357. The summed E-state index contributed by atoms with van der Waals surface area (Å²) in [6, 6.07) is 6.52. The summed E-state index contributed by atoms with van der Waals surface area (Å²) in [4.78, 5) is 21.8. The molecule has 1 fully saturated rings. The monoisotopic (exact) mass is 275 g/mol. The van der Waals surface area contributed by atoms with Gasteiger partial charge in [-0.05, 0) is 31.0 Å². The lowest BCUT2D eigenvalue weighted by Crippen LogP contribution is -2.36. The van der Waals surface area contributed by atoms with Gasteiger partial charge in [-0.2, -0.15) is 0 Å². The summed E-state index contributed by atoms with van der Waals surface area (Å²) in [5.74, 6) is -0.190. The van der Waals surface area contributed by atoms with Crippen molar-refractivity contribution in [1.82, 2.24) is 10.6 Å². The number of non-ortho nitro benzene ring substituents is 1. The lowest BCUT2D eigenvalue weighted by atomic mass is 10.2. The topological polar surface area (TPSA) is 84.3 Å². The number of benzene rings is 1. The first kappa shape index (κ1) is 14.2. The maximum absolute atomic E-state index is 11.6. The van der Waals surface area contributed by atoms with Crippen molar-refractivity contribution in [2.24, 2.45) is 0 Å². The fourth-order valence-corrected chi connectivity index (χ4v) is 2.13. The molecular formula is C14H17N3O3. The molecule has 1 amide bonds. The van der Waals surface area contributed by atoms with Gasteiger partial charge in [-0.25, -0.2) is 0 Å². The van der Waals surface area contributed by atoms with E-state index < -0.39 is 4.92 Å². The number of nitro benzene ring substituents is 1. The van der Waals surface area contributed by atoms with Gasteiger partial charge in [0.2, 0.25) is 5.91 Å². The zero-order chi connectivity index (χ0) is 14.4. The van der Waals surface area contributed by atoms with Gasteiger partial charge in [0.1, 0.15) is 0 Å². The Balaban J connectivity index is 1.86. The molecule has 2 rings (SSSR count). The van der Waals surface area contributed by atoms with E-state index in [1.54, 1.807) is 18.2 Å². The third-order valence-corrected chi connectivity index (χ3v) is 3.19. The van der Waals surface area contributed by atoms with Crippen molar-refractivity contribution in [3.05, 3.63) is 46.0 Å². The van der Waals surface area contributed by atoms with Crippen LogP contribution in [-0.2, 0) is 4.79 Å². The van der Waals surface area contributed by atoms with Crippen molar-refractivity contribution in [1.29, 1.82) is 0 Å². The minimum atomic E-state index is -0.455. The number of carbonyl (C=O) groups is 1. The summed E-state index contributed by atoms with van der Waals surface area (Å²) in [5.41, 5.74) is 0.649. The van der Waals surface area contributed by atoms with Crippen molar-refractivity contribution < 1.29 is 9.72 Å². The minimum absolute atomic E-state index is 0.0164. The molecule has 0 aromatic heterocycles. The molecule has 106 valence electrons. The molecule has 1 aliphatic heterocycles. The maximum atomic E-state index is 11.6. The van der Waals surface area contributed by atoms with E-state index in [1.165, 1.54) is 18.2 Å². The highest BCUT2D eigenvalue weighted by Crippen LogP contribution is 2.14. The maximum Gasteiger partial charge on any atom is 0.270 e.